The lowest BCUT2D eigenvalue weighted by Crippen LogP contribution is -2.48. The van der Waals surface area contributed by atoms with Crippen molar-refractivity contribution in [3.63, 3.8) is 0 Å². The van der Waals surface area contributed by atoms with Gasteiger partial charge in [0.05, 0.1) is 5.69 Å². The first-order chi connectivity index (χ1) is 8.69. The summed E-state index contributed by atoms with van der Waals surface area (Å²) in [7, 11) is 3.98. The van der Waals surface area contributed by atoms with E-state index in [1.54, 1.807) is 0 Å². The van der Waals surface area contributed by atoms with Crippen molar-refractivity contribution in [2.24, 2.45) is 5.92 Å². The van der Waals surface area contributed by atoms with E-state index in [2.05, 4.69) is 16.8 Å². The highest BCUT2D eigenvalue weighted by molar-refractivity contribution is 5.30. The molecule has 1 saturated heterocycles. The topological polar surface area (TPSA) is 32.5 Å². The molecule has 1 aliphatic carbocycles. The average molecular weight is 249 g/mol. The van der Waals surface area contributed by atoms with Crippen molar-refractivity contribution in [3.05, 3.63) is 11.5 Å². The van der Waals surface area contributed by atoms with Gasteiger partial charge in [0.25, 0.3) is 6.01 Å². The molecule has 0 unspecified atom stereocenters. The van der Waals surface area contributed by atoms with E-state index in [1.807, 2.05) is 19.0 Å². The molecule has 2 heterocycles. The molecule has 0 aromatic carbocycles. The van der Waals surface area contributed by atoms with Crippen LogP contribution >= 0.6 is 0 Å². The zero-order valence-corrected chi connectivity index (χ0v) is 11.6. The summed E-state index contributed by atoms with van der Waals surface area (Å²) >= 11 is 0. The zero-order chi connectivity index (χ0) is 12.7. The van der Waals surface area contributed by atoms with Gasteiger partial charge in [-0.15, -0.1) is 0 Å². The fourth-order valence-electron chi connectivity index (χ4n) is 3.46. The number of aromatic nitrogens is 1. The maximum Gasteiger partial charge on any atom is 0.297 e. The van der Waals surface area contributed by atoms with E-state index in [1.165, 1.54) is 25.1 Å². The summed E-state index contributed by atoms with van der Waals surface area (Å²) in [6.07, 6.45) is 4.84. The van der Waals surface area contributed by atoms with E-state index in [4.69, 9.17) is 4.42 Å². The van der Waals surface area contributed by atoms with Crippen LogP contribution in [-0.4, -0.2) is 43.1 Å². The van der Waals surface area contributed by atoms with Crippen molar-refractivity contribution in [2.45, 2.75) is 38.6 Å². The van der Waals surface area contributed by atoms with E-state index in [0.29, 0.717) is 6.04 Å². The lowest BCUT2D eigenvalue weighted by molar-refractivity contribution is 0.0851. The van der Waals surface area contributed by atoms with Crippen LogP contribution in [-0.2, 0) is 12.8 Å². The number of likely N-dealkylation sites (N-methyl/N-ethyl adjacent to an activating group) is 1. The second-order valence-corrected chi connectivity index (χ2v) is 5.77. The highest BCUT2D eigenvalue weighted by Gasteiger charge is 2.37. The Labute approximate surface area is 109 Å². The van der Waals surface area contributed by atoms with Crippen molar-refractivity contribution in [1.29, 1.82) is 0 Å². The van der Waals surface area contributed by atoms with Crippen LogP contribution in [0.2, 0.25) is 0 Å². The highest BCUT2D eigenvalue weighted by atomic mass is 16.4. The number of oxazole rings is 1. The monoisotopic (exact) mass is 249 g/mol. The Morgan fingerprint density at radius 1 is 1.39 bits per heavy atom. The van der Waals surface area contributed by atoms with Crippen LogP contribution in [0.25, 0.3) is 0 Å². The summed E-state index contributed by atoms with van der Waals surface area (Å²) < 4.78 is 5.90. The van der Waals surface area contributed by atoms with Crippen molar-refractivity contribution < 1.29 is 4.42 Å². The Kier molecular flexibility index (Phi) is 3.06. The van der Waals surface area contributed by atoms with Gasteiger partial charge in [0.15, 0.2) is 0 Å². The molecule has 0 saturated carbocycles. The number of rotatable bonds is 2. The predicted octanol–water partition coefficient (Wildman–Crippen LogP) is 1.94. The van der Waals surface area contributed by atoms with Gasteiger partial charge in [-0.3, -0.25) is 4.90 Å². The molecule has 1 fully saturated rings. The van der Waals surface area contributed by atoms with Gasteiger partial charge >= 0.3 is 0 Å². The number of anilines is 1. The first-order valence-electron chi connectivity index (χ1n) is 7.09. The van der Waals surface area contributed by atoms with Gasteiger partial charge in [0, 0.05) is 26.6 Å². The van der Waals surface area contributed by atoms with Crippen LogP contribution in [0.3, 0.4) is 0 Å². The highest BCUT2D eigenvalue weighted by Crippen LogP contribution is 2.36. The van der Waals surface area contributed by atoms with Gasteiger partial charge in [-0.25, -0.2) is 0 Å². The van der Waals surface area contributed by atoms with Crippen LogP contribution in [0, 0.1) is 5.92 Å². The average Bonchev–Trinajstić information content (AvgIpc) is 2.78. The lowest BCUT2D eigenvalue weighted by atomic mass is 9.79. The summed E-state index contributed by atoms with van der Waals surface area (Å²) in [5.41, 5.74) is 1.21. The molecule has 0 N–H and O–H groups in total. The van der Waals surface area contributed by atoms with Crippen molar-refractivity contribution in [2.75, 3.05) is 32.1 Å². The summed E-state index contributed by atoms with van der Waals surface area (Å²) in [5.74, 6) is 1.91. The Morgan fingerprint density at radius 2 is 2.22 bits per heavy atom. The molecule has 2 aliphatic rings. The number of nitrogens with zero attached hydrogens (tertiary/aromatic N) is 3. The largest absolute Gasteiger partial charge is 0.428 e. The Balaban J connectivity index is 1.86. The van der Waals surface area contributed by atoms with E-state index < -0.39 is 0 Å². The van der Waals surface area contributed by atoms with E-state index >= 15 is 0 Å². The van der Waals surface area contributed by atoms with Gasteiger partial charge in [0.1, 0.15) is 5.76 Å². The molecule has 4 heteroatoms. The third-order valence-corrected chi connectivity index (χ3v) is 4.44. The van der Waals surface area contributed by atoms with Crippen LogP contribution in [0.5, 0.6) is 0 Å². The van der Waals surface area contributed by atoms with E-state index in [0.717, 1.165) is 37.1 Å². The molecule has 0 spiro atoms. The van der Waals surface area contributed by atoms with Gasteiger partial charge in [-0.1, -0.05) is 6.92 Å². The van der Waals surface area contributed by atoms with Crippen molar-refractivity contribution in [1.82, 2.24) is 9.88 Å². The number of fused-ring (bicyclic) bond motifs is 2. The number of hydrogen-bond acceptors (Lipinski definition) is 4. The molecule has 1 aromatic heterocycles. The summed E-state index contributed by atoms with van der Waals surface area (Å²) in [6, 6.07) is 1.45. The third-order valence-electron chi connectivity index (χ3n) is 4.44. The van der Waals surface area contributed by atoms with E-state index in [9.17, 15) is 0 Å². The molecule has 18 heavy (non-hydrogen) atoms. The van der Waals surface area contributed by atoms with Gasteiger partial charge in [-0.2, -0.15) is 4.98 Å². The Bertz CT molecular complexity index is 427. The number of piperidine rings is 1. The smallest absolute Gasteiger partial charge is 0.297 e. The van der Waals surface area contributed by atoms with Gasteiger partial charge in [-0.05, 0) is 38.3 Å². The molecule has 0 amide bonds. The minimum Gasteiger partial charge on any atom is -0.428 e. The molecule has 2 atom stereocenters. The van der Waals surface area contributed by atoms with E-state index in [-0.39, 0.29) is 0 Å². The maximum absolute atomic E-state index is 5.90. The Morgan fingerprint density at radius 3 is 2.94 bits per heavy atom. The maximum atomic E-state index is 5.90. The van der Waals surface area contributed by atoms with Crippen molar-refractivity contribution >= 4 is 6.01 Å². The SMILES string of the molecule is CCN1CCC[C@@H]2Cc3nc(N(C)C)oc3C[C@H]21. The first kappa shape index (κ1) is 12.0. The quantitative estimate of drug-likeness (QED) is 0.802. The molecule has 4 nitrogen and oxygen atoms in total. The van der Waals surface area contributed by atoms with Crippen LogP contribution in [0.15, 0.2) is 4.42 Å². The fourth-order valence-corrected chi connectivity index (χ4v) is 3.46. The fraction of sp³-hybridized carbons (Fsp3) is 0.786. The number of hydrogen-bond donors (Lipinski definition) is 0. The normalized spacial score (nSPS) is 27.7. The van der Waals surface area contributed by atoms with Crippen LogP contribution in [0.4, 0.5) is 6.01 Å². The molecule has 0 radical (unpaired) electrons. The predicted molar refractivity (Wildman–Crippen MR) is 72.0 cm³/mol. The second kappa shape index (κ2) is 4.57. The molecule has 1 aromatic rings. The van der Waals surface area contributed by atoms with Crippen molar-refractivity contribution in [3.8, 4) is 0 Å². The van der Waals surface area contributed by atoms with Crippen LogP contribution in [0.1, 0.15) is 31.2 Å². The standard InChI is InChI=1S/C14H23N3O/c1-4-17-7-5-6-10-8-11-13(9-12(10)17)18-14(15-11)16(2)3/h10,12H,4-9H2,1-3H3/t10-,12-/m1/s1. The van der Waals surface area contributed by atoms with Gasteiger partial charge < -0.3 is 9.32 Å². The molecular weight excluding hydrogens is 226 g/mol. The molecule has 3 rings (SSSR count). The summed E-state index contributed by atoms with van der Waals surface area (Å²) in [6.45, 7) is 4.68. The minimum absolute atomic E-state index is 0.680. The summed E-state index contributed by atoms with van der Waals surface area (Å²) in [4.78, 5) is 9.21. The molecule has 0 bridgehead atoms. The number of likely N-dealkylation sites (tertiary alicyclic amines) is 1. The minimum atomic E-state index is 0.680. The third kappa shape index (κ3) is 1.92. The zero-order valence-electron chi connectivity index (χ0n) is 11.6. The first-order valence-corrected chi connectivity index (χ1v) is 7.09. The Hall–Kier alpha value is -1.03. The second-order valence-electron chi connectivity index (χ2n) is 5.77. The van der Waals surface area contributed by atoms with Gasteiger partial charge in [0.2, 0.25) is 0 Å². The van der Waals surface area contributed by atoms with Crippen LogP contribution < -0.4 is 4.90 Å². The molecule has 100 valence electrons. The molecular formula is C14H23N3O. The summed E-state index contributed by atoms with van der Waals surface area (Å²) in [5, 5.41) is 0. The molecule has 1 aliphatic heterocycles. The lowest BCUT2D eigenvalue weighted by Gasteiger charge is -2.42.